The molecule has 0 aliphatic rings. The number of ether oxygens (including phenoxy) is 2. The smallest absolute Gasteiger partial charge is 0.338 e. The second-order valence-electron chi connectivity index (χ2n) is 5.83. The van der Waals surface area contributed by atoms with Crippen LogP contribution >= 0.6 is 0 Å². The lowest BCUT2D eigenvalue weighted by atomic mass is 9.97. The normalized spacial score (nSPS) is 11.3. The van der Waals surface area contributed by atoms with Crippen LogP contribution in [-0.2, 0) is 19.1 Å². The highest BCUT2D eigenvalue weighted by molar-refractivity contribution is 5.94. The van der Waals surface area contributed by atoms with Gasteiger partial charge in [-0.15, -0.1) is 0 Å². The van der Waals surface area contributed by atoms with Gasteiger partial charge in [0.15, 0.2) is 6.61 Å². The fourth-order valence-electron chi connectivity index (χ4n) is 2.56. The quantitative estimate of drug-likeness (QED) is 0.720. The number of hydrogen-bond acceptors (Lipinski definition) is 5. The van der Waals surface area contributed by atoms with Gasteiger partial charge < -0.3 is 14.8 Å². The van der Waals surface area contributed by atoms with E-state index in [1.165, 1.54) is 0 Å². The van der Waals surface area contributed by atoms with Crippen molar-refractivity contribution in [1.29, 1.82) is 0 Å². The van der Waals surface area contributed by atoms with E-state index in [4.69, 9.17) is 9.47 Å². The van der Waals surface area contributed by atoms with E-state index in [1.807, 2.05) is 37.3 Å². The molecule has 27 heavy (non-hydrogen) atoms. The molecule has 6 heteroatoms. The molecule has 1 N–H and O–H groups in total. The van der Waals surface area contributed by atoms with Gasteiger partial charge in [0.1, 0.15) is 0 Å². The van der Waals surface area contributed by atoms with E-state index in [9.17, 15) is 14.4 Å². The van der Waals surface area contributed by atoms with Crippen molar-refractivity contribution in [3.8, 4) is 0 Å². The Hall–Kier alpha value is -3.15. The van der Waals surface area contributed by atoms with E-state index in [1.54, 1.807) is 31.2 Å². The molecule has 0 heterocycles. The Labute approximate surface area is 158 Å². The topological polar surface area (TPSA) is 81.7 Å². The number of anilines is 1. The highest BCUT2D eigenvalue weighted by atomic mass is 16.5. The number of carbonyl (C=O) groups is 3. The fourth-order valence-corrected chi connectivity index (χ4v) is 2.56. The maximum atomic E-state index is 12.3. The molecule has 0 aliphatic carbocycles. The van der Waals surface area contributed by atoms with Crippen LogP contribution in [0.3, 0.4) is 0 Å². The van der Waals surface area contributed by atoms with Crippen LogP contribution in [0.1, 0.15) is 42.1 Å². The summed E-state index contributed by atoms with van der Waals surface area (Å²) in [5, 5.41) is 2.62. The Balaban J connectivity index is 1.86. The van der Waals surface area contributed by atoms with Gasteiger partial charge in [-0.25, -0.2) is 4.79 Å². The summed E-state index contributed by atoms with van der Waals surface area (Å²) >= 11 is 0. The highest BCUT2D eigenvalue weighted by Gasteiger charge is 2.21. The number of carbonyl (C=O) groups excluding carboxylic acids is 3. The lowest BCUT2D eigenvalue weighted by Gasteiger charge is -2.14. The molecule has 0 aliphatic heterocycles. The molecule has 2 aromatic rings. The summed E-state index contributed by atoms with van der Waals surface area (Å²) in [7, 11) is 0. The first-order valence-corrected chi connectivity index (χ1v) is 8.83. The number of nitrogens with one attached hydrogen (secondary N) is 1. The average Bonchev–Trinajstić information content (AvgIpc) is 2.68. The second kappa shape index (κ2) is 10.1. The summed E-state index contributed by atoms with van der Waals surface area (Å²) in [6.45, 7) is 3.55. The molecule has 142 valence electrons. The molecule has 0 spiro atoms. The summed E-state index contributed by atoms with van der Waals surface area (Å²) in [5.41, 5.74) is 1.76. The third-order valence-electron chi connectivity index (χ3n) is 3.92. The monoisotopic (exact) mass is 369 g/mol. The van der Waals surface area contributed by atoms with Crippen molar-refractivity contribution >= 4 is 23.5 Å². The number of hydrogen-bond donors (Lipinski definition) is 1. The minimum Gasteiger partial charge on any atom is -0.462 e. The van der Waals surface area contributed by atoms with Crippen LogP contribution in [0.5, 0.6) is 0 Å². The van der Waals surface area contributed by atoms with E-state index >= 15 is 0 Å². The van der Waals surface area contributed by atoms with Crippen LogP contribution in [0.4, 0.5) is 5.69 Å². The molecule has 0 bridgehead atoms. The van der Waals surface area contributed by atoms with Gasteiger partial charge in [-0.1, -0.05) is 37.3 Å². The Bertz CT molecular complexity index is 771. The fraction of sp³-hybridized carbons (Fsp3) is 0.286. The molecule has 2 rings (SSSR count). The van der Waals surface area contributed by atoms with Crippen molar-refractivity contribution in [2.45, 2.75) is 26.2 Å². The molecule has 2 aromatic carbocycles. The first-order valence-electron chi connectivity index (χ1n) is 8.83. The van der Waals surface area contributed by atoms with Crippen LogP contribution in [0.2, 0.25) is 0 Å². The molecule has 0 saturated heterocycles. The lowest BCUT2D eigenvalue weighted by Crippen LogP contribution is -2.23. The lowest BCUT2D eigenvalue weighted by molar-refractivity contribution is -0.149. The molecule has 0 unspecified atom stereocenters. The SMILES string of the molecule is CCOC(=O)c1ccc(NC(=O)COC(=O)[C@@H](CC)c2ccccc2)cc1. The summed E-state index contributed by atoms with van der Waals surface area (Å²) < 4.78 is 10.1. The Kier molecular flexibility index (Phi) is 7.55. The summed E-state index contributed by atoms with van der Waals surface area (Å²) in [6.07, 6.45) is 0.583. The van der Waals surface area contributed by atoms with Crippen LogP contribution in [0.15, 0.2) is 54.6 Å². The van der Waals surface area contributed by atoms with Gasteiger partial charge in [0.25, 0.3) is 5.91 Å². The van der Waals surface area contributed by atoms with Crippen molar-refractivity contribution in [2.75, 3.05) is 18.5 Å². The summed E-state index contributed by atoms with van der Waals surface area (Å²) in [5.74, 6) is -1.70. The highest BCUT2D eigenvalue weighted by Crippen LogP contribution is 2.20. The van der Waals surface area contributed by atoms with Crippen molar-refractivity contribution in [3.63, 3.8) is 0 Å². The number of benzene rings is 2. The van der Waals surface area contributed by atoms with E-state index in [0.29, 0.717) is 24.3 Å². The zero-order chi connectivity index (χ0) is 19.6. The maximum absolute atomic E-state index is 12.3. The third kappa shape index (κ3) is 5.95. The van der Waals surface area contributed by atoms with E-state index in [-0.39, 0.29) is 6.61 Å². The zero-order valence-electron chi connectivity index (χ0n) is 15.4. The molecule has 0 radical (unpaired) electrons. The van der Waals surface area contributed by atoms with Gasteiger partial charge in [-0.2, -0.15) is 0 Å². The van der Waals surface area contributed by atoms with Gasteiger partial charge in [0.2, 0.25) is 0 Å². The average molecular weight is 369 g/mol. The molecule has 0 aromatic heterocycles. The number of esters is 2. The predicted molar refractivity (Wildman–Crippen MR) is 101 cm³/mol. The first-order chi connectivity index (χ1) is 13.0. The molecule has 1 amide bonds. The van der Waals surface area contributed by atoms with E-state index in [2.05, 4.69) is 5.32 Å². The maximum Gasteiger partial charge on any atom is 0.338 e. The second-order valence-corrected chi connectivity index (χ2v) is 5.83. The van der Waals surface area contributed by atoms with Crippen LogP contribution in [0.25, 0.3) is 0 Å². The van der Waals surface area contributed by atoms with Gasteiger partial charge >= 0.3 is 11.9 Å². The van der Waals surface area contributed by atoms with Gasteiger partial charge in [-0.3, -0.25) is 9.59 Å². The molecule has 1 atom stereocenters. The first kappa shape index (κ1) is 20.2. The Morgan fingerprint density at radius 3 is 2.19 bits per heavy atom. The minimum atomic E-state index is -0.449. The third-order valence-corrected chi connectivity index (χ3v) is 3.92. The molecule has 0 fully saturated rings. The van der Waals surface area contributed by atoms with Crippen molar-refractivity contribution in [2.24, 2.45) is 0 Å². The van der Waals surface area contributed by atoms with Crippen molar-refractivity contribution in [1.82, 2.24) is 0 Å². The summed E-state index contributed by atoms with van der Waals surface area (Å²) in [6, 6.07) is 15.6. The van der Waals surface area contributed by atoms with Gasteiger partial charge in [-0.05, 0) is 43.2 Å². The zero-order valence-corrected chi connectivity index (χ0v) is 15.4. The molecular weight excluding hydrogens is 346 g/mol. The van der Waals surface area contributed by atoms with Gasteiger partial charge in [0, 0.05) is 5.69 Å². The standard InChI is InChI=1S/C21H23NO5/c1-3-18(15-8-6-5-7-9-15)21(25)27-14-19(23)22-17-12-10-16(11-13-17)20(24)26-4-2/h5-13,18H,3-4,14H2,1-2H3,(H,22,23)/t18-/m0/s1. The van der Waals surface area contributed by atoms with Crippen LogP contribution in [-0.4, -0.2) is 31.1 Å². The van der Waals surface area contributed by atoms with E-state index in [0.717, 1.165) is 5.56 Å². The summed E-state index contributed by atoms with van der Waals surface area (Å²) in [4.78, 5) is 35.9. The van der Waals surface area contributed by atoms with Crippen molar-refractivity contribution in [3.05, 3.63) is 65.7 Å². The Morgan fingerprint density at radius 2 is 1.59 bits per heavy atom. The predicted octanol–water partition coefficient (Wildman–Crippen LogP) is 3.54. The largest absolute Gasteiger partial charge is 0.462 e. The molecule has 0 saturated carbocycles. The van der Waals surface area contributed by atoms with E-state index < -0.39 is 23.8 Å². The van der Waals surface area contributed by atoms with Gasteiger partial charge in [0.05, 0.1) is 18.1 Å². The van der Waals surface area contributed by atoms with Crippen LogP contribution in [0, 0.1) is 0 Å². The number of amides is 1. The molecular formula is C21H23NO5. The number of rotatable bonds is 8. The van der Waals surface area contributed by atoms with Crippen molar-refractivity contribution < 1.29 is 23.9 Å². The Morgan fingerprint density at radius 1 is 0.926 bits per heavy atom. The molecule has 6 nitrogen and oxygen atoms in total. The minimum absolute atomic E-state index is 0.296. The van der Waals surface area contributed by atoms with Crippen LogP contribution < -0.4 is 5.32 Å².